The van der Waals surface area contributed by atoms with Crippen molar-refractivity contribution in [3.63, 3.8) is 0 Å². The minimum Gasteiger partial charge on any atom is -0.463 e. The van der Waals surface area contributed by atoms with Crippen molar-refractivity contribution < 1.29 is 18.7 Å². The van der Waals surface area contributed by atoms with Crippen LogP contribution < -0.4 is 5.32 Å². The lowest BCUT2D eigenvalue weighted by molar-refractivity contribution is -0.139. The number of carbonyl (C=O) groups is 2. The molecule has 0 radical (unpaired) electrons. The second-order valence-electron chi connectivity index (χ2n) is 10.1. The molecule has 1 amide bonds. The minimum atomic E-state index is -0.538. The van der Waals surface area contributed by atoms with Crippen LogP contribution in [0.15, 0.2) is 101 Å². The molecule has 210 valence electrons. The number of benzene rings is 3. The number of nitrogens with one attached hydrogen (secondary N) is 1. The third kappa shape index (κ3) is 6.28. The summed E-state index contributed by atoms with van der Waals surface area (Å²) in [6.45, 7) is 6.57. The van der Waals surface area contributed by atoms with E-state index >= 15 is 0 Å². The highest BCUT2D eigenvalue weighted by atomic mass is 32.2. The first kappa shape index (κ1) is 28.4. The number of rotatable bonds is 9. The van der Waals surface area contributed by atoms with Crippen molar-refractivity contribution in [1.29, 1.82) is 0 Å². The average molecular weight is 570 g/mol. The predicted octanol–water partition coefficient (Wildman–Crippen LogP) is 6.93. The van der Waals surface area contributed by atoms with Gasteiger partial charge in [-0.3, -0.25) is 4.79 Å². The molecule has 0 aliphatic carbocycles. The van der Waals surface area contributed by atoms with E-state index in [1.807, 2.05) is 52.8 Å². The zero-order valence-electron chi connectivity index (χ0n) is 23.3. The SMILES string of the molecule is CCOC(=O)C1=C(c2ccccc2)N=C2SC=C(CC(=O)NCc3ccc(F)cc3)N2C1c1ccc(C(C)C)cc1. The van der Waals surface area contributed by atoms with Crippen molar-refractivity contribution in [3.8, 4) is 0 Å². The molecular formula is C33H32FN3O3S. The van der Waals surface area contributed by atoms with E-state index in [0.29, 0.717) is 22.4 Å². The Bertz CT molecular complexity index is 1510. The summed E-state index contributed by atoms with van der Waals surface area (Å²) in [6.07, 6.45) is 0.0879. The molecule has 5 rings (SSSR count). The van der Waals surface area contributed by atoms with Crippen LogP contribution >= 0.6 is 11.8 Å². The fourth-order valence-electron chi connectivity index (χ4n) is 4.90. The first-order valence-corrected chi connectivity index (χ1v) is 14.5. The average Bonchev–Trinajstić information content (AvgIpc) is 3.38. The maximum Gasteiger partial charge on any atom is 0.338 e. The largest absolute Gasteiger partial charge is 0.463 e. The van der Waals surface area contributed by atoms with Crippen LogP contribution in [0.1, 0.15) is 61.4 Å². The van der Waals surface area contributed by atoms with Crippen LogP contribution in [0.25, 0.3) is 5.70 Å². The number of halogens is 1. The van der Waals surface area contributed by atoms with E-state index in [1.165, 1.54) is 29.5 Å². The summed E-state index contributed by atoms with van der Waals surface area (Å²) >= 11 is 1.43. The topological polar surface area (TPSA) is 71.0 Å². The number of hydrogen-bond acceptors (Lipinski definition) is 6. The zero-order chi connectivity index (χ0) is 28.9. The summed E-state index contributed by atoms with van der Waals surface area (Å²) in [6, 6.07) is 23.4. The summed E-state index contributed by atoms with van der Waals surface area (Å²) < 4.78 is 18.9. The van der Waals surface area contributed by atoms with E-state index in [-0.39, 0.29) is 31.3 Å². The van der Waals surface area contributed by atoms with Crippen LogP contribution in [0.4, 0.5) is 4.39 Å². The number of nitrogens with zero attached hydrogens (tertiary/aromatic N) is 2. The lowest BCUT2D eigenvalue weighted by Crippen LogP contribution is -2.38. The molecule has 0 saturated carbocycles. The molecule has 0 spiro atoms. The third-order valence-corrected chi connectivity index (χ3v) is 7.90. The number of ether oxygens (including phenoxy) is 1. The second-order valence-corrected chi connectivity index (χ2v) is 11.0. The summed E-state index contributed by atoms with van der Waals surface area (Å²) in [4.78, 5) is 33.6. The van der Waals surface area contributed by atoms with E-state index in [2.05, 4.69) is 31.3 Å². The van der Waals surface area contributed by atoms with E-state index in [0.717, 1.165) is 22.4 Å². The molecule has 3 aromatic rings. The van der Waals surface area contributed by atoms with Gasteiger partial charge in [0.1, 0.15) is 5.82 Å². The highest BCUT2D eigenvalue weighted by molar-refractivity contribution is 8.16. The Kier molecular flexibility index (Phi) is 8.69. The first-order valence-electron chi connectivity index (χ1n) is 13.7. The molecular weight excluding hydrogens is 537 g/mol. The summed E-state index contributed by atoms with van der Waals surface area (Å²) in [5.41, 5.74) is 5.44. The molecule has 6 nitrogen and oxygen atoms in total. The molecule has 0 saturated heterocycles. The summed E-state index contributed by atoms with van der Waals surface area (Å²) in [5.74, 6) is -0.594. The Hall–Kier alpha value is -4.17. The molecule has 1 unspecified atom stereocenters. The monoisotopic (exact) mass is 569 g/mol. The number of carbonyl (C=O) groups excluding carboxylic acids is 2. The van der Waals surface area contributed by atoms with Gasteiger partial charge < -0.3 is 15.0 Å². The van der Waals surface area contributed by atoms with E-state index in [9.17, 15) is 14.0 Å². The van der Waals surface area contributed by atoms with Crippen LogP contribution in [-0.4, -0.2) is 28.6 Å². The molecule has 1 atom stereocenters. The maximum absolute atomic E-state index is 13.6. The quantitative estimate of drug-likeness (QED) is 0.283. The summed E-state index contributed by atoms with van der Waals surface area (Å²) in [7, 11) is 0. The van der Waals surface area contributed by atoms with Gasteiger partial charge in [-0.15, -0.1) is 0 Å². The van der Waals surface area contributed by atoms with Gasteiger partial charge in [-0.2, -0.15) is 0 Å². The number of thioether (sulfide) groups is 1. The standard InChI is InChI=1S/C33H32FN3O3S/c1-4-40-32(39)29-30(24-8-6-5-7-9-24)36-33-37(31(29)25-14-12-23(13-15-25)21(2)3)27(20-41-33)18-28(38)35-19-22-10-16-26(34)17-11-22/h5-17,20-21,31H,4,18-19H2,1-3H3,(H,35,38). The van der Waals surface area contributed by atoms with Gasteiger partial charge in [-0.25, -0.2) is 14.2 Å². The van der Waals surface area contributed by atoms with Crippen molar-refractivity contribution in [2.45, 2.75) is 45.7 Å². The highest BCUT2D eigenvalue weighted by Crippen LogP contribution is 2.47. The molecule has 2 aliphatic rings. The second kappa shape index (κ2) is 12.6. The number of fused-ring (bicyclic) bond motifs is 1. The van der Waals surface area contributed by atoms with Crippen LogP contribution in [-0.2, 0) is 20.9 Å². The first-order chi connectivity index (χ1) is 19.9. The Morgan fingerprint density at radius 3 is 2.39 bits per heavy atom. The lowest BCUT2D eigenvalue weighted by atomic mass is 9.90. The van der Waals surface area contributed by atoms with Crippen LogP contribution in [0, 0.1) is 5.82 Å². The Labute approximate surface area is 244 Å². The summed E-state index contributed by atoms with van der Waals surface area (Å²) in [5, 5.41) is 5.53. The van der Waals surface area contributed by atoms with E-state index in [1.54, 1.807) is 19.1 Å². The van der Waals surface area contributed by atoms with Crippen molar-refractivity contribution in [2.24, 2.45) is 4.99 Å². The molecule has 0 bridgehead atoms. The van der Waals surface area contributed by atoms with Gasteiger partial charge in [0, 0.05) is 17.8 Å². The van der Waals surface area contributed by atoms with Gasteiger partial charge in [0.05, 0.1) is 30.3 Å². The fourth-order valence-corrected chi connectivity index (χ4v) is 5.82. The van der Waals surface area contributed by atoms with Gasteiger partial charge in [0.15, 0.2) is 5.17 Å². The maximum atomic E-state index is 13.6. The molecule has 0 aromatic heterocycles. The smallest absolute Gasteiger partial charge is 0.338 e. The Balaban J connectivity index is 1.52. The van der Waals surface area contributed by atoms with Crippen LogP contribution in [0.2, 0.25) is 0 Å². The third-order valence-electron chi connectivity index (χ3n) is 7.02. The molecule has 8 heteroatoms. The molecule has 0 fully saturated rings. The number of hydrogen-bond donors (Lipinski definition) is 1. The Morgan fingerprint density at radius 2 is 1.73 bits per heavy atom. The van der Waals surface area contributed by atoms with Crippen LogP contribution in [0.5, 0.6) is 0 Å². The van der Waals surface area contributed by atoms with E-state index < -0.39 is 12.0 Å². The van der Waals surface area contributed by atoms with Crippen molar-refractivity contribution >= 4 is 34.5 Å². The van der Waals surface area contributed by atoms with Gasteiger partial charge in [0.2, 0.25) is 5.91 Å². The number of amidine groups is 1. The van der Waals surface area contributed by atoms with Gasteiger partial charge in [0.25, 0.3) is 0 Å². The Morgan fingerprint density at radius 1 is 1.02 bits per heavy atom. The molecule has 3 aromatic carbocycles. The molecule has 2 heterocycles. The molecule has 1 N–H and O–H groups in total. The number of aliphatic imine (C=N–C) groups is 1. The minimum absolute atomic E-state index is 0.0879. The van der Waals surface area contributed by atoms with Crippen molar-refractivity contribution in [1.82, 2.24) is 10.2 Å². The molecule has 2 aliphatic heterocycles. The highest BCUT2D eigenvalue weighted by Gasteiger charge is 2.42. The predicted molar refractivity (Wildman–Crippen MR) is 161 cm³/mol. The fraction of sp³-hybridized carbons (Fsp3) is 0.242. The number of amides is 1. The van der Waals surface area contributed by atoms with Crippen molar-refractivity contribution in [2.75, 3.05) is 6.61 Å². The zero-order valence-corrected chi connectivity index (χ0v) is 24.1. The van der Waals surface area contributed by atoms with Gasteiger partial charge in [-0.05, 0) is 47.1 Å². The molecule has 41 heavy (non-hydrogen) atoms. The van der Waals surface area contributed by atoms with Gasteiger partial charge in [-0.1, -0.05) is 92.3 Å². The van der Waals surface area contributed by atoms with Gasteiger partial charge >= 0.3 is 5.97 Å². The van der Waals surface area contributed by atoms with E-state index in [4.69, 9.17) is 9.73 Å². The lowest BCUT2D eigenvalue weighted by Gasteiger charge is -2.37. The van der Waals surface area contributed by atoms with Crippen LogP contribution in [0.3, 0.4) is 0 Å². The normalized spacial score (nSPS) is 16.3. The number of esters is 1. The van der Waals surface area contributed by atoms with Crippen molar-refractivity contribution in [3.05, 3.63) is 124 Å².